The lowest BCUT2D eigenvalue weighted by molar-refractivity contribution is -0.128. The summed E-state index contributed by atoms with van der Waals surface area (Å²) in [7, 11) is 5.48. The quantitative estimate of drug-likeness (QED) is 0.814. The Hall–Kier alpha value is -1.62. The molecule has 0 aliphatic carbocycles. The van der Waals surface area contributed by atoms with Gasteiger partial charge < -0.3 is 15.5 Å². The Morgan fingerprint density at radius 1 is 1.22 bits per heavy atom. The van der Waals surface area contributed by atoms with Crippen LogP contribution in [-0.2, 0) is 4.79 Å². The monoisotopic (exact) mass is 265 g/mol. The number of amides is 1. The predicted molar refractivity (Wildman–Crippen MR) is 78.9 cm³/mol. The van der Waals surface area contributed by atoms with Crippen molar-refractivity contribution in [3.8, 4) is 0 Å². The number of nitrogens with two attached hydrogens (primary N) is 1. The highest BCUT2D eigenvalue weighted by Crippen LogP contribution is 2.14. The number of nitrogens with zero attached hydrogens (tertiary/aromatic N) is 2. The zero-order chi connectivity index (χ0) is 13.7. The molecule has 0 saturated carbocycles. The van der Waals surface area contributed by atoms with E-state index in [1.807, 2.05) is 36.2 Å². The van der Waals surface area contributed by atoms with Gasteiger partial charge in [0.05, 0.1) is 0 Å². The topological polar surface area (TPSA) is 49.6 Å². The van der Waals surface area contributed by atoms with Crippen molar-refractivity contribution in [2.75, 3.05) is 32.6 Å². The van der Waals surface area contributed by atoms with Crippen molar-refractivity contribution < 1.29 is 4.79 Å². The van der Waals surface area contributed by atoms with Crippen LogP contribution < -0.4 is 10.6 Å². The molecule has 2 N–H and O–H groups in total. The Morgan fingerprint density at radius 2 is 1.78 bits per heavy atom. The van der Waals surface area contributed by atoms with Gasteiger partial charge in [0.2, 0.25) is 5.91 Å². The molecule has 98 valence electrons. The number of carbonyl (C=O) groups excluding carboxylic acids is 1. The molecule has 0 heterocycles. The van der Waals surface area contributed by atoms with Crippen molar-refractivity contribution in [2.45, 2.75) is 6.42 Å². The Labute approximate surface area is 113 Å². The molecule has 0 unspecified atom stereocenters. The van der Waals surface area contributed by atoms with Gasteiger partial charge >= 0.3 is 0 Å². The first-order valence-corrected chi connectivity index (χ1v) is 6.14. The van der Waals surface area contributed by atoms with Crippen LogP contribution in [-0.4, -0.2) is 43.5 Å². The van der Waals surface area contributed by atoms with Crippen LogP contribution in [0.1, 0.15) is 12.0 Å². The van der Waals surface area contributed by atoms with Crippen molar-refractivity contribution in [3.05, 3.63) is 29.8 Å². The Kier molecular flexibility index (Phi) is 5.09. The van der Waals surface area contributed by atoms with Crippen LogP contribution >= 0.6 is 12.2 Å². The number of thiocarbonyl (C=S) groups is 1. The number of hydrogen-bond acceptors (Lipinski definition) is 3. The van der Waals surface area contributed by atoms with Crippen LogP contribution in [0.15, 0.2) is 24.3 Å². The van der Waals surface area contributed by atoms with Gasteiger partial charge in [0.25, 0.3) is 0 Å². The third-order valence-electron chi connectivity index (χ3n) is 2.75. The zero-order valence-corrected chi connectivity index (χ0v) is 11.8. The van der Waals surface area contributed by atoms with Crippen LogP contribution in [0, 0.1) is 0 Å². The first-order chi connectivity index (χ1) is 8.41. The Morgan fingerprint density at radius 3 is 2.22 bits per heavy atom. The normalized spacial score (nSPS) is 9.94. The molecule has 0 aromatic heterocycles. The maximum atomic E-state index is 11.5. The summed E-state index contributed by atoms with van der Waals surface area (Å²) < 4.78 is 0. The van der Waals surface area contributed by atoms with Crippen molar-refractivity contribution in [1.29, 1.82) is 0 Å². The molecular formula is C13H19N3OS. The SMILES string of the molecule is CN(C)C(=O)CCN(C)c1ccc(C(N)=S)cc1. The summed E-state index contributed by atoms with van der Waals surface area (Å²) >= 11 is 4.90. The zero-order valence-electron chi connectivity index (χ0n) is 11.0. The fourth-order valence-electron chi connectivity index (χ4n) is 1.50. The molecule has 0 radical (unpaired) electrons. The van der Waals surface area contributed by atoms with Gasteiger partial charge in [-0.05, 0) is 24.3 Å². The minimum Gasteiger partial charge on any atom is -0.389 e. The van der Waals surface area contributed by atoms with E-state index in [1.165, 1.54) is 0 Å². The maximum Gasteiger partial charge on any atom is 0.223 e. The standard InChI is InChI=1S/C13H19N3OS/c1-15(2)12(17)8-9-16(3)11-6-4-10(5-7-11)13(14)18/h4-7H,8-9H2,1-3H3,(H2,14,18). The van der Waals surface area contributed by atoms with Crippen LogP contribution in [0.5, 0.6) is 0 Å². The van der Waals surface area contributed by atoms with Gasteiger partial charge in [0.15, 0.2) is 0 Å². The van der Waals surface area contributed by atoms with E-state index in [1.54, 1.807) is 19.0 Å². The van der Waals surface area contributed by atoms with E-state index < -0.39 is 0 Å². The van der Waals surface area contributed by atoms with Gasteiger partial charge in [-0.1, -0.05) is 12.2 Å². The second-order valence-corrected chi connectivity index (χ2v) is 4.81. The van der Waals surface area contributed by atoms with Gasteiger partial charge in [0, 0.05) is 45.4 Å². The minimum atomic E-state index is 0.126. The van der Waals surface area contributed by atoms with E-state index >= 15 is 0 Å². The highest BCUT2D eigenvalue weighted by molar-refractivity contribution is 7.80. The van der Waals surface area contributed by atoms with E-state index in [0.717, 1.165) is 11.3 Å². The lowest BCUT2D eigenvalue weighted by Gasteiger charge is -2.20. The summed E-state index contributed by atoms with van der Waals surface area (Å²) in [5, 5.41) is 0. The van der Waals surface area contributed by atoms with Gasteiger partial charge in [-0.25, -0.2) is 0 Å². The summed E-state index contributed by atoms with van der Waals surface area (Å²) in [5.74, 6) is 0.126. The molecule has 0 saturated heterocycles. The molecular weight excluding hydrogens is 246 g/mol. The largest absolute Gasteiger partial charge is 0.389 e. The van der Waals surface area contributed by atoms with Crippen molar-refractivity contribution >= 4 is 28.8 Å². The molecule has 1 rings (SSSR count). The van der Waals surface area contributed by atoms with Gasteiger partial charge in [-0.3, -0.25) is 4.79 Å². The molecule has 0 spiro atoms. The molecule has 0 aliphatic rings. The van der Waals surface area contributed by atoms with Crippen molar-refractivity contribution in [2.24, 2.45) is 5.73 Å². The predicted octanol–water partition coefficient (Wildman–Crippen LogP) is 1.24. The fourth-order valence-corrected chi connectivity index (χ4v) is 1.63. The molecule has 0 bridgehead atoms. The number of rotatable bonds is 5. The third kappa shape index (κ3) is 4.00. The van der Waals surface area contributed by atoms with Crippen LogP contribution in [0.2, 0.25) is 0 Å². The number of anilines is 1. The Bertz CT molecular complexity index is 428. The molecule has 4 nitrogen and oxygen atoms in total. The van der Waals surface area contributed by atoms with E-state index in [-0.39, 0.29) is 5.91 Å². The van der Waals surface area contributed by atoms with Crippen LogP contribution in [0.25, 0.3) is 0 Å². The van der Waals surface area contributed by atoms with Gasteiger partial charge in [0.1, 0.15) is 4.99 Å². The van der Waals surface area contributed by atoms with Crippen LogP contribution in [0.3, 0.4) is 0 Å². The van der Waals surface area contributed by atoms with E-state index in [2.05, 4.69) is 0 Å². The third-order valence-corrected chi connectivity index (χ3v) is 2.99. The number of hydrogen-bond donors (Lipinski definition) is 1. The maximum absolute atomic E-state index is 11.5. The highest BCUT2D eigenvalue weighted by atomic mass is 32.1. The van der Waals surface area contributed by atoms with Crippen molar-refractivity contribution in [1.82, 2.24) is 4.90 Å². The average Bonchev–Trinajstić information content (AvgIpc) is 2.35. The fraction of sp³-hybridized carbons (Fsp3) is 0.385. The smallest absolute Gasteiger partial charge is 0.223 e. The molecule has 5 heteroatoms. The molecule has 0 aliphatic heterocycles. The number of carbonyl (C=O) groups is 1. The second kappa shape index (κ2) is 6.35. The molecule has 18 heavy (non-hydrogen) atoms. The highest BCUT2D eigenvalue weighted by Gasteiger charge is 2.07. The summed E-state index contributed by atoms with van der Waals surface area (Å²) in [6.45, 7) is 0.684. The lowest BCUT2D eigenvalue weighted by Crippen LogP contribution is -2.27. The second-order valence-electron chi connectivity index (χ2n) is 4.37. The molecule has 0 atom stereocenters. The van der Waals surface area contributed by atoms with Gasteiger partial charge in [-0.15, -0.1) is 0 Å². The van der Waals surface area contributed by atoms with Crippen LogP contribution in [0.4, 0.5) is 5.69 Å². The molecule has 1 aromatic rings. The lowest BCUT2D eigenvalue weighted by atomic mass is 10.2. The summed E-state index contributed by atoms with van der Waals surface area (Å²) in [5.41, 5.74) is 7.44. The van der Waals surface area contributed by atoms with E-state index in [9.17, 15) is 4.79 Å². The summed E-state index contributed by atoms with van der Waals surface area (Å²) in [6, 6.07) is 7.69. The van der Waals surface area contributed by atoms with Crippen molar-refractivity contribution in [3.63, 3.8) is 0 Å². The van der Waals surface area contributed by atoms with E-state index in [0.29, 0.717) is 18.0 Å². The number of benzene rings is 1. The first kappa shape index (κ1) is 14.4. The molecule has 1 amide bonds. The summed E-state index contributed by atoms with van der Waals surface area (Å²) in [4.78, 5) is 15.5. The average molecular weight is 265 g/mol. The first-order valence-electron chi connectivity index (χ1n) is 5.73. The van der Waals surface area contributed by atoms with Gasteiger partial charge in [-0.2, -0.15) is 0 Å². The Balaban J connectivity index is 2.59. The molecule has 1 aromatic carbocycles. The minimum absolute atomic E-state index is 0.126. The van der Waals surface area contributed by atoms with E-state index in [4.69, 9.17) is 18.0 Å². The molecule has 0 fully saturated rings. The summed E-state index contributed by atoms with van der Waals surface area (Å²) in [6.07, 6.45) is 0.501.